The van der Waals surface area contributed by atoms with Gasteiger partial charge in [-0.05, 0) is 49.9 Å². The molecule has 1 heterocycles. The first kappa shape index (κ1) is 17.6. The molecule has 2 aliphatic rings. The monoisotopic (exact) mass is 363 g/mol. The first-order chi connectivity index (χ1) is 13.2. The molecule has 0 radical (unpaired) electrons. The summed E-state index contributed by atoms with van der Waals surface area (Å²) in [5.74, 6) is 0.221. The highest BCUT2D eigenvalue weighted by molar-refractivity contribution is 6.00. The summed E-state index contributed by atoms with van der Waals surface area (Å²) < 4.78 is 0. The van der Waals surface area contributed by atoms with Gasteiger partial charge in [0.15, 0.2) is 0 Å². The van der Waals surface area contributed by atoms with Crippen LogP contribution in [0.2, 0.25) is 0 Å². The number of para-hydroxylation sites is 2. The van der Waals surface area contributed by atoms with Crippen LogP contribution in [0.3, 0.4) is 0 Å². The average molecular weight is 363 g/mol. The molecule has 27 heavy (non-hydrogen) atoms. The second-order valence-electron chi connectivity index (χ2n) is 7.39. The minimum Gasteiger partial charge on any atom is -0.355 e. The van der Waals surface area contributed by atoms with Crippen LogP contribution in [0.15, 0.2) is 54.6 Å². The third-order valence-corrected chi connectivity index (χ3v) is 5.29. The number of rotatable bonds is 5. The van der Waals surface area contributed by atoms with Gasteiger partial charge in [0.05, 0.1) is 11.3 Å². The predicted molar refractivity (Wildman–Crippen MR) is 106 cm³/mol. The molecule has 1 aliphatic heterocycles. The van der Waals surface area contributed by atoms with Crippen molar-refractivity contribution in [3.05, 3.63) is 60.2 Å². The van der Waals surface area contributed by atoms with Gasteiger partial charge in [0.2, 0.25) is 5.91 Å². The van der Waals surface area contributed by atoms with E-state index in [1.165, 1.54) is 0 Å². The van der Waals surface area contributed by atoms with Gasteiger partial charge in [-0.2, -0.15) is 0 Å². The van der Waals surface area contributed by atoms with Crippen molar-refractivity contribution in [3.63, 3.8) is 0 Å². The van der Waals surface area contributed by atoms with Crippen LogP contribution >= 0.6 is 0 Å². The third kappa shape index (κ3) is 4.30. The van der Waals surface area contributed by atoms with E-state index in [-0.39, 0.29) is 17.7 Å². The average Bonchev–Trinajstić information content (AvgIpc) is 3.53. The Morgan fingerprint density at radius 1 is 0.852 bits per heavy atom. The van der Waals surface area contributed by atoms with Crippen LogP contribution < -0.4 is 10.6 Å². The Bertz CT molecular complexity index is 809. The fourth-order valence-corrected chi connectivity index (χ4v) is 3.52. The van der Waals surface area contributed by atoms with E-state index >= 15 is 0 Å². The summed E-state index contributed by atoms with van der Waals surface area (Å²) in [6.07, 6.45) is 3.68. The zero-order valence-electron chi connectivity index (χ0n) is 15.4. The molecule has 4 rings (SSSR count). The highest BCUT2D eigenvalue weighted by Crippen LogP contribution is 2.26. The summed E-state index contributed by atoms with van der Waals surface area (Å²) in [4.78, 5) is 27.2. The van der Waals surface area contributed by atoms with Crippen LogP contribution in [0.1, 0.15) is 36.0 Å². The highest BCUT2D eigenvalue weighted by atomic mass is 16.2. The normalized spacial score (nSPS) is 17.4. The minimum atomic E-state index is 0.0232. The molecule has 5 nitrogen and oxygen atoms in total. The van der Waals surface area contributed by atoms with Gasteiger partial charge >= 0.3 is 0 Å². The molecule has 2 fully saturated rings. The number of anilines is 2. The van der Waals surface area contributed by atoms with Crippen molar-refractivity contribution in [3.8, 4) is 0 Å². The maximum atomic E-state index is 13.1. The number of carbonyl (C=O) groups excluding carboxylic acids is 2. The third-order valence-electron chi connectivity index (χ3n) is 5.29. The van der Waals surface area contributed by atoms with E-state index in [4.69, 9.17) is 0 Å². The highest BCUT2D eigenvalue weighted by Gasteiger charge is 2.31. The number of carbonyl (C=O) groups is 2. The Kier molecular flexibility index (Phi) is 5.10. The topological polar surface area (TPSA) is 61.4 Å². The Labute approximate surface area is 159 Å². The van der Waals surface area contributed by atoms with Gasteiger partial charge in [-0.3, -0.25) is 9.59 Å². The van der Waals surface area contributed by atoms with Crippen molar-refractivity contribution in [1.82, 2.24) is 10.2 Å². The summed E-state index contributed by atoms with van der Waals surface area (Å²) >= 11 is 0. The summed E-state index contributed by atoms with van der Waals surface area (Å²) in [6.45, 7) is 1.25. The van der Waals surface area contributed by atoms with Gasteiger partial charge in [0.25, 0.3) is 5.91 Å². The molecular formula is C22H25N3O2. The molecule has 0 bridgehead atoms. The van der Waals surface area contributed by atoms with E-state index < -0.39 is 0 Å². The second kappa shape index (κ2) is 7.82. The van der Waals surface area contributed by atoms with Gasteiger partial charge in [0.1, 0.15) is 0 Å². The molecular weight excluding hydrogens is 338 g/mol. The van der Waals surface area contributed by atoms with E-state index in [2.05, 4.69) is 10.6 Å². The number of likely N-dealkylation sites (tertiary alicyclic amines) is 1. The van der Waals surface area contributed by atoms with Crippen LogP contribution in [0.25, 0.3) is 0 Å². The number of hydrogen-bond donors (Lipinski definition) is 2. The first-order valence-electron chi connectivity index (χ1n) is 9.71. The molecule has 0 unspecified atom stereocenters. The Morgan fingerprint density at radius 2 is 1.52 bits per heavy atom. The Morgan fingerprint density at radius 3 is 2.22 bits per heavy atom. The SMILES string of the molecule is O=C(NC1CC1)C1CCN(C(=O)c2ccccc2Nc2ccccc2)CC1. The van der Waals surface area contributed by atoms with E-state index in [1.54, 1.807) is 0 Å². The molecule has 140 valence electrons. The quantitative estimate of drug-likeness (QED) is 0.854. The van der Waals surface area contributed by atoms with Crippen molar-refractivity contribution in [2.24, 2.45) is 5.92 Å². The Hall–Kier alpha value is -2.82. The lowest BCUT2D eigenvalue weighted by molar-refractivity contribution is -0.126. The molecule has 2 N–H and O–H groups in total. The zero-order chi connectivity index (χ0) is 18.6. The molecule has 1 saturated heterocycles. The van der Waals surface area contributed by atoms with Crippen molar-refractivity contribution in [2.45, 2.75) is 31.7 Å². The van der Waals surface area contributed by atoms with E-state index in [9.17, 15) is 9.59 Å². The zero-order valence-corrected chi connectivity index (χ0v) is 15.4. The lowest BCUT2D eigenvalue weighted by Crippen LogP contribution is -2.43. The van der Waals surface area contributed by atoms with Crippen molar-refractivity contribution < 1.29 is 9.59 Å². The molecule has 1 saturated carbocycles. The van der Waals surface area contributed by atoms with Crippen LogP contribution in [-0.4, -0.2) is 35.8 Å². The lowest BCUT2D eigenvalue weighted by Gasteiger charge is -2.32. The fraction of sp³-hybridized carbons (Fsp3) is 0.364. The van der Waals surface area contributed by atoms with Gasteiger partial charge in [-0.15, -0.1) is 0 Å². The van der Waals surface area contributed by atoms with Gasteiger partial charge in [-0.1, -0.05) is 30.3 Å². The molecule has 0 aromatic heterocycles. The van der Waals surface area contributed by atoms with Crippen molar-refractivity contribution in [2.75, 3.05) is 18.4 Å². The van der Waals surface area contributed by atoms with Crippen LogP contribution in [-0.2, 0) is 4.79 Å². The number of amides is 2. The summed E-state index contributed by atoms with van der Waals surface area (Å²) in [6, 6.07) is 17.8. The standard InChI is InChI=1S/C22H25N3O2/c26-21(24-18-10-11-18)16-12-14-25(15-13-16)22(27)19-8-4-5-9-20(19)23-17-6-2-1-3-7-17/h1-9,16,18,23H,10-15H2,(H,24,26). The predicted octanol–water partition coefficient (Wildman–Crippen LogP) is 3.56. The molecule has 2 aromatic carbocycles. The summed E-state index contributed by atoms with van der Waals surface area (Å²) in [5.41, 5.74) is 2.43. The number of nitrogens with one attached hydrogen (secondary N) is 2. The van der Waals surface area contributed by atoms with Gasteiger partial charge < -0.3 is 15.5 Å². The molecule has 0 spiro atoms. The van der Waals surface area contributed by atoms with Gasteiger partial charge in [0, 0.05) is 30.7 Å². The first-order valence-corrected chi connectivity index (χ1v) is 9.71. The molecule has 2 amide bonds. The van der Waals surface area contributed by atoms with Crippen LogP contribution in [0, 0.1) is 5.92 Å². The van der Waals surface area contributed by atoms with Crippen LogP contribution in [0.5, 0.6) is 0 Å². The number of nitrogens with zero attached hydrogens (tertiary/aromatic N) is 1. The smallest absolute Gasteiger partial charge is 0.255 e. The van der Waals surface area contributed by atoms with E-state index in [0.29, 0.717) is 24.7 Å². The maximum Gasteiger partial charge on any atom is 0.255 e. The summed E-state index contributed by atoms with van der Waals surface area (Å²) in [5, 5.41) is 6.42. The van der Waals surface area contributed by atoms with E-state index in [0.717, 1.165) is 37.1 Å². The number of hydrogen-bond acceptors (Lipinski definition) is 3. The Balaban J connectivity index is 1.40. The van der Waals surface area contributed by atoms with Crippen molar-refractivity contribution >= 4 is 23.2 Å². The maximum absolute atomic E-state index is 13.1. The second-order valence-corrected chi connectivity index (χ2v) is 7.39. The lowest BCUT2D eigenvalue weighted by atomic mass is 9.95. The van der Waals surface area contributed by atoms with E-state index in [1.807, 2.05) is 59.5 Å². The number of benzene rings is 2. The number of piperidine rings is 1. The van der Waals surface area contributed by atoms with Crippen LogP contribution in [0.4, 0.5) is 11.4 Å². The molecule has 1 aliphatic carbocycles. The molecule has 2 aromatic rings. The molecule has 5 heteroatoms. The molecule has 0 atom stereocenters. The van der Waals surface area contributed by atoms with Crippen molar-refractivity contribution in [1.29, 1.82) is 0 Å². The minimum absolute atomic E-state index is 0.0232. The summed E-state index contributed by atoms with van der Waals surface area (Å²) in [7, 11) is 0. The fourth-order valence-electron chi connectivity index (χ4n) is 3.52. The van der Waals surface area contributed by atoms with Gasteiger partial charge in [-0.25, -0.2) is 0 Å². The largest absolute Gasteiger partial charge is 0.355 e.